The first-order valence-corrected chi connectivity index (χ1v) is 12.0. The normalized spacial score (nSPS) is 20.2. The van der Waals surface area contributed by atoms with Gasteiger partial charge in [-0.3, -0.25) is 4.79 Å². The number of carbonyl (C=O) groups excluding carboxylic acids is 1. The van der Waals surface area contributed by atoms with E-state index in [1.165, 1.54) is 56.9 Å². The molecular formula is C26H42O3. The quantitative estimate of drug-likeness (QED) is 0.254. The van der Waals surface area contributed by atoms with Crippen LogP contribution in [0.25, 0.3) is 0 Å². The van der Waals surface area contributed by atoms with Crippen molar-refractivity contribution in [2.24, 2.45) is 5.92 Å². The standard InChI is InChI=1S/C26H42O3/c1-4-6-8-10-22-12-14-23(15-13-22)24-16-18-25(19-17-24)28-20-21(3)29-26(27)11-9-7-5-2/h16-19,21-23H,4-15,20H2,1-3H3/t21?,22-,23-. The van der Waals surface area contributed by atoms with E-state index in [4.69, 9.17) is 9.47 Å². The van der Waals surface area contributed by atoms with E-state index in [0.717, 1.165) is 30.9 Å². The van der Waals surface area contributed by atoms with Gasteiger partial charge in [0.15, 0.2) is 0 Å². The van der Waals surface area contributed by atoms with Crippen LogP contribution in [0.15, 0.2) is 24.3 Å². The number of unbranched alkanes of at least 4 members (excludes halogenated alkanes) is 4. The molecule has 1 aliphatic rings. The van der Waals surface area contributed by atoms with Crippen molar-refractivity contribution in [2.75, 3.05) is 6.61 Å². The average Bonchev–Trinajstić information content (AvgIpc) is 2.73. The minimum atomic E-state index is -0.216. The maximum absolute atomic E-state index is 11.8. The van der Waals surface area contributed by atoms with E-state index in [1.807, 2.05) is 6.92 Å². The summed E-state index contributed by atoms with van der Waals surface area (Å²) in [6.07, 6.45) is 14.3. The van der Waals surface area contributed by atoms with Gasteiger partial charge in [0.2, 0.25) is 0 Å². The third-order valence-corrected chi connectivity index (χ3v) is 6.22. The predicted octanol–water partition coefficient (Wildman–Crippen LogP) is 7.43. The minimum absolute atomic E-state index is 0.116. The van der Waals surface area contributed by atoms with Gasteiger partial charge >= 0.3 is 5.97 Å². The Morgan fingerprint density at radius 3 is 2.28 bits per heavy atom. The second kappa shape index (κ2) is 13.7. The molecule has 29 heavy (non-hydrogen) atoms. The molecule has 3 nitrogen and oxygen atoms in total. The number of carbonyl (C=O) groups is 1. The molecule has 1 fully saturated rings. The van der Waals surface area contributed by atoms with Crippen LogP contribution in [0.1, 0.15) is 109 Å². The molecule has 0 saturated heterocycles. The van der Waals surface area contributed by atoms with E-state index in [9.17, 15) is 4.79 Å². The largest absolute Gasteiger partial charge is 0.490 e. The zero-order chi connectivity index (χ0) is 20.9. The molecule has 0 amide bonds. The van der Waals surface area contributed by atoms with Crippen LogP contribution in [0, 0.1) is 5.92 Å². The topological polar surface area (TPSA) is 35.5 Å². The van der Waals surface area contributed by atoms with Gasteiger partial charge in [0.05, 0.1) is 0 Å². The molecule has 0 radical (unpaired) electrons. The Balaban J connectivity index is 1.67. The molecule has 0 heterocycles. The van der Waals surface area contributed by atoms with Crippen molar-refractivity contribution < 1.29 is 14.3 Å². The lowest BCUT2D eigenvalue weighted by Crippen LogP contribution is -2.21. The Kier molecular flexibility index (Phi) is 11.2. The second-order valence-electron chi connectivity index (χ2n) is 8.85. The maximum atomic E-state index is 11.8. The number of ether oxygens (including phenoxy) is 2. The first-order valence-electron chi connectivity index (χ1n) is 12.0. The average molecular weight is 403 g/mol. The Hall–Kier alpha value is -1.51. The van der Waals surface area contributed by atoms with Gasteiger partial charge in [0, 0.05) is 6.42 Å². The van der Waals surface area contributed by atoms with Gasteiger partial charge < -0.3 is 9.47 Å². The molecular weight excluding hydrogens is 360 g/mol. The van der Waals surface area contributed by atoms with E-state index in [-0.39, 0.29) is 12.1 Å². The molecule has 1 aliphatic carbocycles. The summed E-state index contributed by atoms with van der Waals surface area (Å²) < 4.78 is 11.3. The third-order valence-electron chi connectivity index (χ3n) is 6.22. The van der Waals surface area contributed by atoms with Crippen molar-refractivity contribution >= 4 is 5.97 Å². The van der Waals surface area contributed by atoms with Crippen LogP contribution in [0.5, 0.6) is 5.75 Å². The third kappa shape index (κ3) is 9.23. The lowest BCUT2D eigenvalue weighted by Gasteiger charge is -2.29. The fourth-order valence-corrected chi connectivity index (χ4v) is 4.35. The molecule has 1 atom stereocenters. The van der Waals surface area contributed by atoms with E-state index >= 15 is 0 Å². The fourth-order valence-electron chi connectivity index (χ4n) is 4.35. The smallest absolute Gasteiger partial charge is 0.306 e. The number of esters is 1. The van der Waals surface area contributed by atoms with Gasteiger partial charge in [-0.1, -0.05) is 64.5 Å². The molecule has 1 unspecified atom stereocenters. The van der Waals surface area contributed by atoms with Crippen molar-refractivity contribution in [3.05, 3.63) is 29.8 Å². The number of benzene rings is 1. The summed E-state index contributed by atoms with van der Waals surface area (Å²) in [6, 6.07) is 8.58. The number of rotatable bonds is 13. The molecule has 2 rings (SSSR count). The highest BCUT2D eigenvalue weighted by Gasteiger charge is 2.22. The van der Waals surface area contributed by atoms with Gasteiger partial charge in [0.1, 0.15) is 18.5 Å². The van der Waals surface area contributed by atoms with Crippen LogP contribution in [-0.4, -0.2) is 18.7 Å². The molecule has 0 aromatic heterocycles. The predicted molar refractivity (Wildman–Crippen MR) is 120 cm³/mol. The highest BCUT2D eigenvalue weighted by atomic mass is 16.6. The summed E-state index contributed by atoms with van der Waals surface area (Å²) in [5.41, 5.74) is 1.44. The number of hydrogen-bond acceptors (Lipinski definition) is 3. The zero-order valence-corrected chi connectivity index (χ0v) is 19.0. The molecule has 0 spiro atoms. The molecule has 0 N–H and O–H groups in total. The van der Waals surface area contributed by atoms with Gasteiger partial charge in [-0.2, -0.15) is 0 Å². The molecule has 3 heteroatoms. The lowest BCUT2D eigenvalue weighted by atomic mass is 9.77. The Labute approximate surface area is 178 Å². The summed E-state index contributed by atoms with van der Waals surface area (Å²) in [4.78, 5) is 11.8. The van der Waals surface area contributed by atoms with Crippen molar-refractivity contribution in [3.63, 3.8) is 0 Å². The fraction of sp³-hybridized carbons (Fsp3) is 0.731. The number of hydrogen-bond donors (Lipinski definition) is 0. The van der Waals surface area contributed by atoms with E-state index in [1.54, 1.807) is 0 Å². The van der Waals surface area contributed by atoms with Gasteiger partial charge in [-0.25, -0.2) is 0 Å². The van der Waals surface area contributed by atoms with Crippen molar-refractivity contribution in [1.82, 2.24) is 0 Å². The monoisotopic (exact) mass is 402 g/mol. The van der Waals surface area contributed by atoms with E-state index < -0.39 is 0 Å². The van der Waals surface area contributed by atoms with Crippen molar-refractivity contribution in [3.8, 4) is 5.75 Å². The first-order chi connectivity index (χ1) is 14.1. The van der Waals surface area contributed by atoms with Crippen LogP contribution in [0.2, 0.25) is 0 Å². The molecule has 0 aliphatic heterocycles. The molecule has 0 bridgehead atoms. The summed E-state index contributed by atoms with van der Waals surface area (Å²) in [5.74, 6) is 2.40. The molecule has 1 aromatic carbocycles. The SMILES string of the molecule is CCCCCC(=O)OC(C)COc1ccc([C@H]2CC[C@H](CCCCC)CC2)cc1. The van der Waals surface area contributed by atoms with Gasteiger partial charge in [0.25, 0.3) is 0 Å². The van der Waals surface area contributed by atoms with Crippen LogP contribution in [-0.2, 0) is 9.53 Å². The van der Waals surface area contributed by atoms with Crippen LogP contribution in [0.4, 0.5) is 0 Å². The first kappa shape index (κ1) is 23.8. The van der Waals surface area contributed by atoms with Crippen LogP contribution in [0.3, 0.4) is 0 Å². The Bertz CT molecular complexity index is 558. The maximum Gasteiger partial charge on any atom is 0.306 e. The van der Waals surface area contributed by atoms with Crippen molar-refractivity contribution in [1.29, 1.82) is 0 Å². The minimum Gasteiger partial charge on any atom is -0.490 e. The molecule has 164 valence electrons. The summed E-state index contributed by atoms with van der Waals surface area (Å²) in [6.45, 7) is 6.71. The summed E-state index contributed by atoms with van der Waals surface area (Å²) in [5, 5.41) is 0. The lowest BCUT2D eigenvalue weighted by molar-refractivity contribution is -0.149. The molecule has 1 saturated carbocycles. The van der Waals surface area contributed by atoms with Crippen LogP contribution >= 0.6 is 0 Å². The molecule has 1 aromatic rings. The Morgan fingerprint density at radius 1 is 0.966 bits per heavy atom. The van der Waals surface area contributed by atoms with Crippen LogP contribution < -0.4 is 4.74 Å². The van der Waals surface area contributed by atoms with E-state index in [2.05, 4.69) is 38.1 Å². The summed E-state index contributed by atoms with van der Waals surface area (Å²) in [7, 11) is 0. The Morgan fingerprint density at radius 2 is 1.62 bits per heavy atom. The van der Waals surface area contributed by atoms with E-state index in [0.29, 0.717) is 18.9 Å². The van der Waals surface area contributed by atoms with Gasteiger partial charge in [-0.05, 0) is 68.6 Å². The highest BCUT2D eigenvalue weighted by Crippen LogP contribution is 2.38. The summed E-state index contributed by atoms with van der Waals surface area (Å²) >= 11 is 0. The van der Waals surface area contributed by atoms with Crippen molar-refractivity contribution in [2.45, 2.75) is 110 Å². The second-order valence-corrected chi connectivity index (χ2v) is 8.85. The van der Waals surface area contributed by atoms with Gasteiger partial charge in [-0.15, -0.1) is 0 Å². The zero-order valence-electron chi connectivity index (χ0n) is 19.0. The highest BCUT2D eigenvalue weighted by molar-refractivity contribution is 5.69.